The first-order valence-corrected chi connectivity index (χ1v) is 5.19. The molecule has 1 amide bonds. The second-order valence-electron chi connectivity index (χ2n) is 3.70. The zero-order valence-electron chi connectivity index (χ0n) is 9.86. The van der Waals surface area contributed by atoms with Crippen molar-refractivity contribution in [2.45, 2.75) is 19.4 Å². The molecule has 1 atom stereocenters. The summed E-state index contributed by atoms with van der Waals surface area (Å²) in [4.78, 5) is 11.9. The molecule has 0 aliphatic carbocycles. The molecule has 17 heavy (non-hydrogen) atoms. The Labute approximate surface area is 100 Å². The van der Waals surface area contributed by atoms with Gasteiger partial charge in [-0.1, -0.05) is 0 Å². The van der Waals surface area contributed by atoms with E-state index in [1.54, 1.807) is 25.1 Å². The minimum Gasteiger partial charge on any atom is -0.496 e. The standard InChI is InChI=1S/C12H15N3O2/c1-8(5-6-13)15-12(16)10-4-3-9(14)7-11(10)17-2/h3-4,7-8H,5,14H2,1-2H3,(H,15,16). The summed E-state index contributed by atoms with van der Waals surface area (Å²) in [5, 5.41) is 11.2. The number of amides is 1. The number of nitrogens with one attached hydrogen (secondary N) is 1. The van der Waals surface area contributed by atoms with Crippen molar-refractivity contribution < 1.29 is 9.53 Å². The van der Waals surface area contributed by atoms with Crippen molar-refractivity contribution in [3.8, 4) is 11.8 Å². The topological polar surface area (TPSA) is 88.1 Å². The fourth-order valence-corrected chi connectivity index (χ4v) is 1.38. The zero-order chi connectivity index (χ0) is 12.8. The molecule has 0 aliphatic rings. The van der Waals surface area contributed by atoms with Crippen LogP contribution in [0.4, 0.5) is 5.69 Å². The van der Waals surface area contributed by atoms with Gasteiger partial charge in [0.1, 0.15) is 5.75 Å². The highest BCUT2D eigenvalue weighted by Gasteiger charge is 2.14. The summed E-state index contributed by atoms with van der Waals surface area (Å²) in [6.07, 6.45) is 0.267. The molecule has 5 heteroatoms. The van der Waals surface area contributed by atoms with Crippen LogP contribution in [0, 0.1) is 11.3 Å². The van der Waals surface area contributed by atoms with Gasteiger partial charge in [0.05, 0.1) is 25.2 Å². The maximum Gasteiger partial charge on any atom is 0.255 e. The van der Waals surface area contributed by atoms with Gasteiger partial charge < -0.3 is 15.8 Å². The molecule has 0 spiro atoms. The third-order valence-electron chi connectivity index (χ3n) is 2.25. The van der Waals surface area contributed by atoms with Crippen molar-refractivity contribution in [2.75, 3.05) is 12.8 Å². The number of methoxy groups -OCH3 is 1. The van der Waals surface area contributed by atoms with Gasteiger partial charge >= 0.3 is 0 Å². The van der Waals surface area contributed by atoms with Crippen LogP contribution in [0.1, 0.15) is 23.7 Å². The van der Waals surface area contributed by atoms with Crippen LogP contribution >= 0.6 is 0 Å². The Hall–Kier alpha value is -2.22. The van der Waals surface area contributed by atoms with Crippen LogP contribution in [0.3, 0.4) is 0 Å². The molecule has 1 aromatic carbocycles. The average Bonchev–Trinajstić information content (AvgIpc) is 2.28. The number of nitrogens with zero attached hydrogens (tertiary/aromatic N) is 1. The second-order valence-corrected chi connectivity index (χ2v) is 3.70. The first kappa shape index (κ1) is 12.8. The molecule has 0 fully saturated rings. The summed E-state index contributed by atoms with van der Waals surface area (Å²) in [5.41, 5.74) is 6.54. The van der Waals surface area contributed by atoms with Crippen LogP contribution in [0.2, 0.25) is 0 Å². The van der Waals surface area contributed by atoms with Gasteiger partial charge in [0.25, 0.3) is 5.91 Å². The van der Waals surface area contributed by atoms with E-state index in [0.717, 1.165) is 0 Å². The number of hydrogen-bond donors (Lipinski definition) is 2. The van der Waals surface area contributed by atoms with Crippen molar-refractivity contribution >= 4 is 11.6 Å². The maximum absolute atomic E-state index is 11.9. The fraction of sp³-hybridized carbons (Fsp3) is 0.333. The second kappa shape index (κ2) is 5.75. The van der Waals surface area contributed by atoms with Gasteiger partial charge in [-0.15, -0.1) is 0 Å². The molecule has 0 aliphatic heterocycles. The number of benzene rings is 1. The van der Waals surface area contributed by atoms with Crippen LogP contribution in [-0.4, -0.2) is 19.1 Å². The lowest BCUT2D eigenvalue weighted by atomic mass is 10.1. The van der Waals surface area contributed by atoms with Crippen molar-refractivity contribution in [3.63, 3.8) is 0 Å². The largest absolute Gasteiger partial charge is 0.496 e. The van der Waals surface area contributed by atoms with E-state index < -0.39 is 0 Å². The summed E-state index contributed by atoms with van der Waals surface area (Å²) in [7, 11) is 1.48. The van der Waals surface area contributed by atoms with E-state index in [0.29, 0.717) is 17.0 Å². The summed E-state index contributed by atoms with van der Waals surface area (Å²) in [6, 6.07) is 6.62. The van der Waals surface area contributed by atoms with E-state index in [2.05, 4.69) is 5.32 Å². The molecular weight excluding hydrogens is 218 g/mol. The molecule has 0 aromatic heterocycles. The number of carbonyl (C=O) groups excluding carboxylic acids is 1. The highest BCUT2D eigenvalue weighted by Crippen LogP contribution is 2.21. The molecule has 0 saturated carbocycles. The summed E-state index contributed by atoms with van der Waals surface area (Å²) < 4.78 is 5.08. The molecule has 5 nitrogen and oxygen atoms in total. The van der Waals surface area contributed by atoms with Gasteiger partial charge in [0.15, 0.2) is 0 Å². The van der Waals surface area contributed by atoms with Gasteiger partial charge in [-0.05, 0) is 19.1 Å². The number of nitriles is 1. The lowest BCUT2D eigenvalue weighted by Gasteiger charge is -2.13. The van der Waals surface area contributed by atoms with Crippen molar-refractivity contribution in [1.29, 1.82) is 5.26 Å². The Balaban J connectivity index is 2.86. The van der Waals surface area contributed by atoms with E-state index in [4.69, 9.17) is 15.7 Å². The summed E-state index contributed by atoms with van der Waals surface area (Å²) in [5.74, 6) is 0.149. The Morgan fingerprint density at radius 2 is 2.35 bits per heavy atom. The molecule has 3 N–H and O–H groups in total. The van der Waals surface area contributed by atoms with E-state index in [1.165, 1.54) is 7.11 Å². The van der Waals surface area contributed by atoms with Gasteiger partial charge in [0.2, 0.25) is 0 Å². The Morgan fingerprint density at radius 3 is 2.94 bits per heavy atom. The molecule has 0 heterocycles. The number of ether oxygens (including phenoxy) is 1. The predicted molar refractivity (Wildman–Crippen MR) is 64.6 cm³/mol. The van der Waals surface area contributed by atoms with Gasteiger partial charge in [0, 0.05) is 17.8 Å². The first-order chi connectivity index (χ1) is 8.08. The maximum atomic E-state index is 11.9. The van der Waals surface area contributed by atoms with Gasteiger partial charge in [-0.3, -0.25) is 4.79 Å². The predicted octanol–water partition coefficient (Wildman–Crippen LogP) is 1.31. The number of nitrogens with two attached hydrogens (primary N) is 1. The SMILES string of the molecule is COc1cc(N)ccc1C(=O)NC(C)CC#N. The lowest BCUT2D eigenvalue weighted by molar-refractivity contribution is 0.0938. The van der Waals surface area contributed by atoms with Crippen LogP contribution in [-0.2, 0) is 0 Å². The van der Waals surface area contributed by atoms with Crippen LogP contribution in [0.15, 0.2) is 18.2 Å². The van der Waals surface area contributed by atoms with Crippen LogP contribution in [0.25, 0.3) is 0 Å². The normalized spacial score (nSPS) is 11.4. The quantitative estimate of drug-likeness (QED) is 0.767. The molecule has 1 unspecified atom stereocenters. The summed E-state index contributed by atoms with van der Waals surface area (Å²) in [6.45, 7) is 1.77. The van der Waals surface area contributed by atoms with Gasteiger partial charge in [-0.25, -0.2) is 0 Å². The first-order valence-electron chi connectivity index (χ1n) is 5.19. The Kier molecular flexibility index (Phi) is 4.35. The minimum atomic E-state index is -0.274. The summed E-state index contributed by atoms with van der Waals surface area (Å²) >= 11 is 0. The highest BCUT2D eigenvalue weighted by molar-refractivity contribution is 5.97. The van der Waals surface area contributed by atoms with Crippen molar-refractivity contribution in [1.82, 2.24) is 5.32 Å². The van der Waals surface area contributed by atoms with Crippen LogP contribution < -0.4 is 15.8 Å². The molecule has 1 aromatic rings. The molecule has 90 valence electrons. The van der Waals surface area contributed by atoms with E-state index in [-0.39, 0.29) is 18.4 Å². The molecular formula is C12H15N3O2. The Morgan fingerprint density at radius 1 is 1.65 bits per heavy atom. The molecule has 0 saturated heterocycles. The third kappa shape index (κ3) is 3.38. The minimum absolute atomic E-state index is 0.199. The zero-order valence-corrected chi connectivity index (χ0v) is 9.86. The molecule has 1 rings (SSSR count). The van der Waals surface area contributed by atoms with Crippen molar-refractivity contribution in [3.05, 3.63) is 23.8 Å². The number of carbonyl (C=O) groups is 1. The third-order valence-corrected chi connectivity index (χ3v) is 2.25. The number of hydrogen-bond acceptors (Lipinski definition) is 4. The number of rotatable bonds is 4. The number of anilines is 1. The van der Waals surface area contributed by atoms with E-state index in [1.807, 2.05) is 6.07 Å². The lowest BCUT2D eigenvalue weighted by Crippen LogP contribution is -2.32. The molecule has 0 bridgehead atoms. The van der Waals surface area contributed by atoms with Gasteiger partial charge in [-0.2, -0.15) is 5.26 Å². The molecule has 0 radical (unpaired) electrons. The number of nitrogen functional groups attached to an aromatic ring is 1. The Bertz CT molecular complexity index is 452. The van der Waals surface area contributed by atoms with Crippen LogP contribution in [0.5, 0.6) is 5.75 Å². The van der Waals surface area contributed by atoms with E-state index >= 15 is 0 Å². The monoisotopic (exact) mass is 233 g/mol. The fourth-order valence-electron chi connectivity index (χ4n) is 1.38. The average molecular weight is 233 g/mol. The van der Waals surface area contributed by atoms with E-state index in [9.17, 15) is 4.79 Å². The smallest absolute Gasteiger partial charge is 0.255 e. The van der Waals surface area contributed by atoms with Crippen molar-refractivity contribution in [2.24, 2.45) is 0 Å². The highest BCUT2D eigenvalue weighted by atomic mass is 16.5.